The molecule has 0 fully saturated rings. The molecule has 1 N–H and O–H groups in total. The standard InChI is InChI=1S/C11H10ClN3O2/c1-2-17-11(16)10-9(13-15-14-10)7-4-3-5-8(12)6-7/h3-6H,2H2,1H3,(H,13,14,15). The average Bonchev–Trinajstić information content (AvgIpc) is 2.78. The third-order valence-electron chi connectivity index (χ3n) is 2.11. The van der Waals surface area contributed by atoms with Gasteiger partial charge < -0.3 is 4.74 Å². The smallest absolute Gasteiger partial charge is 0.361 e. The molecule has 0 aliphatic heterocycles. The van der Waals surface area contributed by atoms with Gasteiger partial charge in [0.15, 0.2) is 5.69 Å². The van der Waals surface area contributed by atoms with E-state index in [-0.39, 0.29) is 5.69 Å². The van der Waals surface area contributed by atoms with Gasteiger partial charge in [-0.05, 0) is 19.1 Å². The van der Waals surface area contributed by atoms with E-state index in [4.69, 9.17) is 16.3 Å². The summed E-state index contributed by atoms with van der Waals surface area (Å²) in [7, 11) is 0. The number of carbonyl (C=O) groups is 1. The predicted octanol–water partition coefficient (Wildman–Crippen LogP) is 2.30. The molecule has 6 heteroatoms. The van der Waals surface area contributed by atoms with Gasteiger partial charge in [0.05, 0.1) is 6.61 Å². The molecule has 0 radical (unpaired) electrons. The number of rotatable bonds is 3. The van der Waals surface area contributed by atoms with Crippen molar-refractivity contribution in [1.29, 1.82) is 0 Å². The fraction of sp³-hybridized carbons (Fsp3) is 0.182. The number of H-pyrrole nitrogens is 1. The van der Waals surface area contributed by atoms with Crippen LogP contribution in [0.5, 0.6) is 0 Å². The molecule has 1 aromatic carbocycles. The summed E-state index contributed by atoms with van der Waals surface area (Å²) in [5, 5.41) is 10.7. The molecule has 88 valence electrons. The van der Waals surface area contributed by atoms with E-state index >= 15 is 0 Å². The molecule has 0 aliphatic rings. The largest absolute Gasteiger partial charge is 0.461 e. The first-order valence-electron chi connectivity index (χ1n) is 5.06. The Kier molecular flexibility index (Phi) is 3.39. The van der Waals surface area contributed by atoms with E-state index in [9.17, 15) is 4.79 Å². The van der Waals surface area contributed by atoms with Crippen LogP contribution in [0.15, 0.2) is 24.3 Å². The molecule has 2 rings (SSSR count). The normalized spacial score (nSPS) is 10.2. The molecule has 0 aliphatic carbocycles. The molecule has 1 aromatic heterocycles. The zero-order valence-corrected chi connectivity index (χ0v) is 9.86. The summed E-state index contributed by atoms with van der Waals surface area (Å²) < 4.78 is 4.88. The predicted molar refractivity (Wildman–Crippen MR) is 62.8 cm³/mol. The average molecular weight is 252 g/mol. The van der Waals surface area contributed by atoms with E-state index in [0.717, 1.165) is 0 Å². The Hall–Kier alpha value is -1.88. The molecule has 0 unspecified atom stereocenters. The fourth-order valence-electron chi connectivity index (χ4n) is 1.41. The molecule has 1 heterocycles. The van der Waals surface area contributed by atoms with Crippen molar-refractivity contribution >= 4 is 17.6 Å². The Morgan fingerprint density at radius 3 is 3.00 bits per heavy atom. The van der Waals surface area contributed by atoms with E-state index in [2.05, 4.69) is 15.4 Å². The number of aromatic nitrogens is 3. The highest BCUT2D eigenvalue weighted by Gasteiger charge is 2.18. The van der Waals surface area contributed by atoms with Gasteiger partial charge >= 0.3 is 5.97 Å². The van der Waals surface area contributed by atoms with Crippen LogP contribution in [0.3, 0.4) is 0 Å². The van der Waals surface area contributed by atoms with Crippen molar-refractivity contribution < 1.29 is 9.53 Å². The minimum atomic E-state index is -0.503. The maximum Gasteiger partial charge on any atom is 0.361 e. The third kappa shape index (κ3) is 2.45. The van der Waals surface area contributed by atoms with Gasteiger partial charge in [0.25, 0.3) is 0 Å². The molecule has 0 bridgehead atoms. The molecule has 17 heavy (non-hydrogen) atoms. The Bertz CT molecular complexity index is 539. The van der Waals surface area contributed by atoms with Crippen LogP contribution in [-0.4, -0.2) is 28.0 Å². The van der Waals surface area contributed by atoms with Gasteiger partial charge in [-0.3, -0.25) is 0 Å². The third-order valence-corrected chi connectivity index (χ3v) is 2.35. The number of hydrogen-bond donors (Lipinski definition) is 1. The lowest BCUT2D eigenvalue weighted by Crippen LogP contribution is -2.06. The lowest BCUT2D eigenvalue weighted by atomic mass is 10.1. The summed E-state index contributed by atoms with van der Waals surface area (Å²) in [6, 6.07) is 7.03. The van der Waals surface area contributed by atoms with Crippen LogP contribution in [-0.2, 0) is 4.74 Å². The van der Waals surface area contributed by atoms with E-state index in [0.29, 0.717) is 22.9 Å². The number of halogens is 1. The van der Waals surface area contributed by atoms with Crippen molar-refractivity contribution in [3.05, 3.63) is 35.0 Å². The Morgan fingerprint density at radius 1 is 1.47 bits per heavy atom. The highest BCUT2D eigenvalue weighted by molar-refractivity contribution is 6.30. The van der Waals surface area contributed by atoms with Crippen LogP contribution in [0.1, 0.15) is 17.4 Å². The monoisotopic (exact) mass is 251 g/mol. The second-order valence-corrected chi connectivity index (χ2v) is 3.69. The van der Waals surface area contributed by atoms with Crippen molar-refractivity contribution in [3.8, 4) is 11.3 Å². The molecule has 2 aromatic rings. The summed E-state index contributed by atoms with van der Waals surface area (Å²) >= 11 is 5.88. The van der Waals surface area contributed by atoms with Crippen LogP contribution in [0.4, 0.5) is 0 Å². The topological polar surface area (TPSA) is 67.9 Å². The summed E-state index contributed by atoms with van der Waals surface area (Å²) in [4.78, 5) is 11.6. The first kappa shape index (κ1) is 11.6. The number of hydrogen-bond acceptors (Lipinski definition) is 4. The van der Waals surface area contributed by atoms with E-state index < -0.39 is 5.97 Å². The summed E-state index contributed by atoms with van der Waals surface area (Å²) in [6.45, 7) is 2.03. The highest BCUT2D eigenvalue weighted by Crippen LogP contribution is 2.23. The van der Waals surface area contributed by atoms with Gasteiger partial charge in [-0.15, -0.1) is 5.10 Å². The zero-order chi connectivity index (χ0) is 12.3. The van der Waals surface area contributed by atoms with Crippen molar-refractivity contribution in [2.24, 2.45) is 0 Å². The van der Waals surface area contributed by atoms with Crippen molar-refractivity contribution in [3.63, 3.8) is 0 Å². The number of nitrogens with zero attached hydrogens (tertiary/aromatic N) is 2. The molecular formula is C11H10ClN3O2. The summed E-state index contributed by atoms with van der Waals surface area (Å²) in [5.41, 5.74) is 1.31. The van der Waals surface area contributed by atoms with E-state index in [1.165, 1.54) is 0 Å². The summed E-state index contributed by atoms with van der Waals surface area (Å²) in [5.74, 6) is -0.503. The maximum absolute atomic E-state index is 11.6. The fourth-order valence-corrected chi connectivity index (χ4v) is 1.60. The molecular weight excluding hydrogens is 242 g/mol. The molecule has 0 atom stereocenters. The maximum atomic E-state index is 11.6. The van der Waals surface area contributed by atoms with Gasteiger partial charge in [-0.1, -0.05) is 23.7 Å². The zero-order valence-electron chi connectivity index (χ0n) is 9.11. The number of benzene rings is 1. The minimum Gasteiger partial charge on any atom is -0.461 e. The van der Waals surface area contributed by atoms with E-state index in [1.54, 1.807) is 31.2 Å². The Labute approximate surface area is 103 Å². The van der Waals surface area contributed by atoms with Crippen LogP contribution >= 0.6 is 11.6 Å². The number of esters is 1. The van der Waals surface area contributed by atoms with Gasteiger partial charge in [-0.25, -0.2) is 4.79 Å². The van der Waals surface area contributed by atoms with Crippen molar-refractivity contribution in [1.82, 2.24) is 15.4 Å². The number of nitrogens with one attached hydrogen (secondary N) is 1. The van der Waals surface area contributed by atoms with Gasteiger partial charge in [0.1, 0.15) is 5.69 Å². The second-order valence-electron chi connectivity index (χ2n) is 3.25. The molecule has 5 nitrogen and oxygen atoms in total. The Morgan fingerprint density at radius 2 is 2.29 bits per heavy atom. The van der Waals surface area contributed by atoms with Gasteiger partial charge in [0.2, 0.25) is 0 Å². The molecule has 0 saturated heterocycles. The lowest BCUT2D eigenvalue weighted by Gasteiger charge is -2.01. The summed E-state index contributed by atoms with van der Waals surface area (Å²) in [6.07, 6.45) is 0. The van der Waals surface area contributed by atoms with Crippen LogP contribution in [0, 0.1) is 0 Å². The molecule has 0 spiro atoms. The molecule has 0 amide bonds. The SMILES string of the molecule is CCOC(=O)c1n[nH]nc1-c1cccc(Cl)c1. The van der Waals surface area contributed by atoms with Crippen molar-refractivity contribution in [2.75, 3.05) is 6.61 Å². The van der Waals surface area contributed by atoms with Crippen molar-refractivity contribution in [2.45, 2.75) is 6.92 Å². The highest BCUT2D eigenvalue weighted by atomic mass is 35.5. The van der Waals surface area contributed by atoms with E-state index in [1.807, 2.05) is 0 Å². The Balaban J connectivity index is 2.40. The quantitative estimate of drug-likeness (QED) is 0.850. The van der Waals surface area contributed by atoms with Gasteiger partial charge in [0, 0.05) is 10.6 Å². The first-order chi connectivity index (χ1) is 8.22. The van der Waals surface area contributed by atoms with Crippen LogP contribution < -0.4 is 0 Å². The molecule has 0 saturated carbocycles. The lowest BCUT2D eigenvalue weighted by molar-refractivity contribution is 0.0520. The van der Waals surface area contributed by atoms with Crippen LogP contribution in [0.25, 0.3) is 11.3 Å². The number of aromatic amines is 1. The first-order valence-corrected chi connectivity index (χ1v) is 5.44. The number of carbonyl (C=O) groups excluding carboxylic acids is 1. The second kappa shape index (κ2) is 4.97. The van der Waals surface area contributed by atoms with Gasteiger partial charge in [-0.2, -0.15) is 10.3 Å². The number of ether oxygens (including phenoxy) is 1. The van der Waals surface area contributed by atoms with Crippen LogP contribution in [0.2, 0.25) is 5.02 Å². The minimum absolute atomic E-state index is 0.161.